The van der Waals surface area contributed by atoms with Crippen LogP contribution in [0.5, 0.6) is 0 Å². The lowest BCUT2D eigenvalue weighted by Crippen LogP contribution is -2.42. The predicted molar refractivity (Wildman–Crippen MR) is 50.9 cm³/mol. The molecule has 2 heteroatoms. The van der Waals surface area contributed by atoms with Crippen LogP contribution >= 0.6 is 11.8 Å². The van der Waals surface area contributed by atoms with Gasteiger partial charge in [-0.15, -0.1) is 0 Å². The molecule has 0 aromatic rings. The second-order valence-corrected chi connectivity index (χ2v) is 5.18. The summed E-state index contributed by atoms with van der Waals surface area (Å²) in [6, 6.07) is 0. The summed E-state index contributed by atoms with van der Waals surface area (Å²) in [5, 5.41) is 10.7. The highest BCUT2D eigenvalue weighted by molar-refractivity contribution is 7.99. The standard InChI is InChI=1S/C9H18OS/c1-4-9(10)5-8(3)11-6-7(9)2/h7-8,10H,4-6H2,1-3H3. The number of thioether (sulfide) groups is 1. The van der Waals surface area contributed by atoms with Gasteiger partial charge in [0.25, 0.3) is 0 Å². The lowest BCUT2D eigenvalue weighted by atomic mass is 9.83. The zero-order chi connectivity index (χ0) is 8.48. The van der Waals surface area contributed by atoms with Gasteiger partial charge in [0.05, 0.1) is 5.60 Å². The molecule has 0 aromatic carbocycles. The lowest BCUT2D eigenvalue weighted by molar-refractivity contribution is -0.0177. The van der Waals surface area contributed by atoms with Crippen molar-refractivity contribution >= 4 is 11.8 Å². The fraction of sp³-hybridized carbons (Fsp3) is 1.00. The van der Waals surface area contributed by atoms with Crippen LogP contribution in [0.25, 0.3) is 0 Å². The first-order chi connectivity index (χ1) is 5.08. The zero-order valence-corrected chi connectivity index (χ0v) is 8.45. The minimum absolute atomic E-state index is 0.370. The van der Waals surface area contributed by atoms with Gasteiger partial charge in [0.15, 0.2) is 0 Å². The third-order valence-electron chi connectivity index (χ3n) is 2.80. The van der Waals surface area contributed by atoms with Gasteiger partial charge in [-0.3, -0.25) is 0 Å². The quantitative estimate of drug-likeness (QED) is 0.658. The van der Waals surface area contributed by atoms with Crippen molar-refractivity contribution in [3.8, 4) is 0 Å². The largest absolute Gasteiger partial charge is 0.390 e. The van der Waals surface area contributed by atoms with Crippen molar-refractivity contribution in [1.29, 1.82) is 0 Å². The van der Waals surface area contributed by atoms with Gasteiger partial charge in [-0.1, -0.05) is 20.8 Å². The van der Waals surface area contributed by atoms with Crippen LogP contribution in [0.2, 0.25) is 0 Å². The van der Waals surface area contributed by atoms with Crippen LogP contribution in [-0.4, -0.2) is 21.7 Å². The minimum Gasteiger partial charge on any atom is -0.390 e. The molecule has 3 atom stereocenters. The second kappa shape index (κ2) is 3.36. The molecule has 66 valence electrons. The first-order valence-electron chi connectivity index (χ1n) is 4.42. The van der Waals surface area contributed by atoms with E-state index in [0.717, 1.165) is 18.6 Å². The van der Waals surface area contributed by atoms with Gasteiger partial charge in [0.1, 0.15) is 0 Å². The topological polar surface area (TPSA) is 20.2 Å². The van der Waals surface area contributed by atoms with Crippen molar-refractivity contribution in [3.63, 3.8) is 0 Å². The Morgan fingerprint density at radius 1 is 1.55 bits per heavy atom. The summed E-state index contributed by atoms with van der Waals surface area (Å²) in [6.07, 6.45) is 1.87. The Kier molecular flexibility index (Phi) is 2.87. The van der Waals surface area contributed by atoms with Gasteiger partial charge in [-0.2, -0.15) is 11.8 Å². The monoisotopic (exact) mass is 174 g/mol. The summed E-state index contributed by atoms with van der Waals surface area (Å²) >= 11 is 1.98. The van der Waals surface area contributed by atoms with Crippen LogP contribution < -0.4 is 0 Å². The van der Waals surface area contributed by atoms with E-state index >= 15 is 0 Å². The molecule has 1 nitrogen and oxygen atoms in total. The Bertz CT molecular complexity index is 138. The Morgan fingerprint density at radius 3 is 2.64 bits per heavy atom. The summed E-state index contributed by atoms with van der Waals surface area (Å²) in [5.41, 5.74) is -0.370. The number of hydrogen-bond donors (Lipinski definition) is 1. The van der Waals surface area contributed by atoms with Crippen LogP contribution in [0, 0.1) is 5.92 Å². The Morgan fingerprint density at radius 2 is 2.18 bits per heavy atom. The molecule has 11 heavy (non-hydrogen) atoms. The molecule has 1 heterocycles. The van der Waals surface area contributed by atoms with E-state index in [-0.39, 0.29) is 5.60 Å². The first kappa shape index (κ1) is 9.40. The van der Waals surface area contributed by atoms with Crippen LogP contribution in [-0.2, 0) is 0 Å². The number of rotatable bonds is 1. The Balaban J connectivity index is 2.60. The maximum atomic E-state index is 10.1. The minimum atomic E-state index is -0.370. The molecule has 1 N–H and O–H groups in total. The summed E-state index contributed by atoms with van der Waals surface area (Å²) < 4.78 is 0. The first-order valence-corrected chi connectivity index (χ1v) is 5.47. The molecule has 1 aliphatic heterocycles. The summed E-state index contributed by atoms with van der Waals surface area (Å²) in [5.74, 6) is 1.58. The Hall–Kier alpha value is 0.310. The fourth-order valence-electron chi connectivity index (χ4n) is 1.71. The molecule has 1 saturated heterocycles. The summed E-state index contributed by atoms with van der Waals surface area (Å²) in [7, 11) is 0. The van der Waals surface area contributed by atoms with Gasteiger partial charge in [-0.25, -0.2) is 0 Å². The number of aliphatic hydroxyl groups is 1. The van der Waals surface area contributed by atoms with Gasteiger partial charge in [0, 0.05) is 5.25 Å². The lowest BCUT2D eigenvalue weighted by Gasteiger charge is -2.40. The van der Waals surface area contributed by atoms with E-state index in [9.17, 15) is 5.11 Å². The molecule has 0 saturated carbocycles. The summed E-state index contributed by atoms with van der Waals surface area (Å²) in [6.45, 7) is 6.44. The van der Waals surface area contributed by atoms with E-state index < -0.39 is 0 Å². The van der Waals surface area contributed by atoms with Gasteiger partial charge >= 0.3 is 0 Å². The highest BCUT2D eigenvalue weighted by Crippen LogP contribution is 2.38. The van der Waals surface area contributed by atoms with Crippen molar-refractivity contribution in [3.05, 3.63) is 0 Å². The third-order valence-corrected chi connectivity index (χ3v) is 4.23. The van der Waals surface area contributed by atoms with Crippen molar-refractivity contribution in [2.24, 2.45) is 5.92 Å². The average molecular weight is 174 g/mol. The molecule has 1 rings (SSSR count). The van der Waals surface area contributed by atoms with Crippen molar-refractivity contribution in [2.75, 3.05) is 5.75 Å². The van der Waals surface area contributed by atoms with Gasteiger partial charge < -0.3 is 5.11 Å². The molecule has 0 aromatic heterocycles. The maximum Gasteiger partial charge on any atom is 0.0688 e. The van der Waals surface area contributed by atoms with Crippen molar-refractivity contribution in [2.45, 2.75) is 44.5 Å². The molecular formula is C9H18OS. The average Bonchev–Trinajstić information content (AvgIpc) is 1.98. The highest BCUT2D eigenvalue weighted by Gasteiger charge is 2.37. The van der Waals surface area contributed by atoms with Gasteiger partial charge in [0.2, 0.25) is 0 Å². The molecule has 0 radical (unpaired) electrons. The molecule has 3 unspecified atom stereocenters. The summed E-state index contributed by atoms with van der Waals surface area (Å²) in [4.78, 5) is 0. The SMILES string of the molecule is CCC1(O)CC(C)SCC1C. The third kappa shape index (κ3) is 1.91. The second-order valence-electron chi connectivity index (χ2n) is 3.71. The zero-order valence-electron chi connectivity index (χ0n) is 7.63. The van der Waals surface area contributed by atoms with E-state index in [1.54, 1.807) is 0 Å². The molecular weight excluding hydrogens is 156 g/mol. The highest BCUT2D eigenvalue weighted by atomic mass is 32.2. The van der Waals surface area contributed by atoms with E-state index in [1.807, 2.05) is 11.8 Å². The van der Waals surface area contributed by atoms with Crippen molar-refractivity contribution in [1.82, 2.24) is 0 Å². The fourth-order valence-corrected chi connectivity index (χ4v) is 3.05. The van der Waals surface area contributed by atoms with Gasteiger partial charge in [-0.05, 0) is 24.5 Å². The molecule has 1 aliphatic rings. The smallest absolute Gasteiger partial charge is 0.0688 e. The van der Waals surface area contributed by atoms with Crippen LogP contribution in [0.1, 0.15) is 33.6 Å². The van der Waals surface area contributed by atoms with Crippen LogP contribution in [0.4, 0.5) is 0 Å². The van der Waals surface area contributed by atoms with Crippen molar-refractivity contribution < 1.29 is 5.11 Å². The molecule has 0 bridgehead atoms. The van der Waals surface area contributed by atoms with E-state index in [1.165, 1.54) is 0 Å². The van der Waals surface area contributed by atoms with E-state index in [4.69, 9.17) is 0 Å². The van der Waals surface area contributed by atoms with Crippen LogP contribution in [0.15, 0.2) is 0 Å². The Labute approximate surface area is 73.6 Å². The maximum absolute atomic E-state index is 10.1. The molecule has 1 fully saturated rings. The number of hydrogen-bond acceptors (Lipinski definition) is 2. The van der Waals surface area contributed by atoms with E-state index in [2.05, 4.69) is 20.8 Å². The van der Waals surface area contributed by atoms with Crippen LogP contribution in [0.3, 0.4) is 0 Å². The normalized spacial score (nSPS) is 45.8. The predicted octanol–water partition coefficient (Wildman–Crippen LogP) is 2.29. The van der Waals surface area contributed by atoms with E-state index in [0.29, 0.717) is 11.2 Å². The molecule has 0 spiro atoms. The molecule has 0 aliphatic carbocycles. The molecule has 0 amide bonds.